The van der Waals surface area contributed by atoms with Crippen LogP contribution in [-0.2, 0) is 13.1 Å². The van der Waals surface area contributed by atoms with E-state index in [2.05, 4.69) is 38.0 Å². The zero-order chi connectivity index (χ0) is 13.3. The van der Waals surface area contributed by atoms with Gasteiger partial charge >= 0.3 is 0 Å². The van der Waals surface area contributed by atoms with Gasteiger partial charge in [-0.1, -0.05) is 17.7 Å². The minimum atomic E-state index is 0.553. The van der Waals surface area contributed by atoms with Crippen LogP contribution in [0.1, 0.15) is 33.5 Å². The molecule has 0 aliphatic rings. The molecular formula is C15H21N3. The van der Waals surface area contributed by atoms with Crippen LogP contribution in [0.4, 0.5) is 0 Å². The minimum absolute atomic E-state index is 0.553. The lowest BCUT2D eigenvalue weighted by molar-refractivity contribution is 0.673. The molecule has 1 aromatic carbocycles. The SMILES string of the molecule is Cc1cc(C)c(Cn2cc(CN)c(C)n2)c(C)c1. The largest absolute Gasteiger partial charge is 0.326 e. The molecule has 3 nitrogen and oxygen atoms in total. The molecule has 3 heteroatoms. The molecule has 0 amide bonds. The molecule has 0 unspecified atom stereocenters. The fraction of sp³-hybridized carbons (Fsp3) is 0.400. The number of hydrogen-bond acceptors (Lipinski definition) is 2. The summed E-state index contributed by atoms with van der Waals surface area (Å²) in [6, 6.07) is 4.45. The predicted octanol–water partition coefficient (Wildman–Crippen LogP) is 2.62. The quantitative estimate of drug-likeness (QED) is 0.900. The fourth-order valence-corrected chi connectivity index (χ4v) is 2.46. The third-order valence-electron chi connectivity index (χ3n) is 3.43. The van der Waals surface area contributed by atoms with E-state index in [1.807, 2.05) is 17.8 Å². The van der Waals surface area contributed by atoms with E-state index in [1.165, 1.54) is 22.3 Å². The first-order valence-electron chi connectivity index (χ1n) is 6.31. The Kier molecular flexibility index (Phi) is 3.53. The molecule has 0 aliphatic heterocycles. The first-order chi connectivity index (χ1) is 8.51. The second-order valence-electron chi connectivity index (χ2n) is 5.02. The van der Waals surface area contributed by atoms with Gasteiger partial charge in [-0.3, -0.25) is 4.68 Å². The van der Waals surface area contributed by atoms with Crippen molar-refractivity contribution in [2.45, 2.75) is 40.8 Å². The van der Waals surface area contributed by atoms with Crippen molar-refractivity contribution >= 4 is 0 Å². The Balaban J connectivity index is 2.33. The van der Waals surface area contributed by atoms with Gasteiger partial charge in [0.05, 0.1) is 12.2 Å². The summed E-state index contributed by atoms with van der Waals surface area (Å²) in [5.74, 6) is 0. The summed E-state index contributed by atoms with van der Waals surface area (Å²) < 4.78 is 1.99. The van der Waals surface area contributed by atoms with Crippen LogP contribution in [-0.4, -0.2) is 9.78 Å². The van der Waals surface area contributed by atoms with Crippen LogP contribution in [0.5, 0.6) is 0 Å². The van der Waals surface area contributed by atoms with Crippen LogP contribution >= 0.6 is 0 Å². The number of nitrogens with two attached hydrogens (primary N) is 1. The molecule has 18 heavy (non-hydrogen) atoms. The van der Waals surface area contributed by atoms with Crippen molar-refractivity contribution in [2.75, 3.05) is 0 Å². The molecule has 2 rings (SSSR count). The first kappa shape index (κ1) is 12.8. The summed E-state index contributed by atoms with van der Waals surface area (Å²) in [6.07, 6.45) is 2.05. The van der Waals surface area contributed by atoms with Crippen molar-refractivity contribution in [1.29, 1.82) is 0 Å². The van der Waals surface area contributed by atoms with Gasteiger partial charge in [0.25, 0.3) is 0 Å². The van der Waals surface area contributed by atoms with Crippen LogP contribution in [0.2, 0.25) is 0 Å². The number of aromatic nitrogens is 2. The van der Waals surface area contributed by atoms with E-state index in [9.17, 15) is 0 Å². The lowest BCUT2D eigenvalue weighted by Crippen LogP contribution is -2.05. The summed E-state index contributed by atoms with van der Waals surface area (Å²) >= 11 is 0. The van der Waals surface area contributed by atoms with Gasteiger partial charge in [0, 0.05) is 18.3 Å². The molecule has 0 bridgehead atoms. The highest BCUT2D eigenvalue weighted by Gasteiger charge is 2.07. The molecular weight excluding hydrogens is 222 g/mol. The maximum atomic E-state index is 5.68. The third-order valence-corrected chi connectivity index (χ3v) is 3.43. The molecule has 0 saturated carbocycles. The molecule has 0 fully saturated rings. The highest BCUT2D eigenvalue weighted by Crippen LogP contribution is 2.18. The van der Waals surface area contributed by atoms with Crippen molar-refractivity contribution < 1.29 is 0 Å². The average Bonchev–Trinajstić information content (AvgIpc) is 2.64. The maximum Gasteiger partial charge on any atom is 0.0664 e. The number of hydrogen-bond donors (Lipinski definition) is 1. The highest BCUT2D eigenvalue weighted by molar-refractivity contribution is 5.37. The lowest BCUT2D eigenvalue weighted by atomic mass is 10.00. The maximum absolute atomic E-state index is 5.68. The molecule has 1 aromatic heterocycles. The van der Waals surface area contributed by atoms with Gasteiger partial charge in [0.2, 0.25) is 0 Å². The van der Waals surface area contributed by atoms with Gasteiger partial charge in [0.15, 0.2) is 0 Å². The number of benzene rings is 1. The summed E-state index contributed by atoms with van der Waals surface area (Å²) in [5, 5.41) is 4.52. The van der Waals surface area contributed by atoms with Gasteiger partial charge in [-0.2, -0.15) is 5.10 Å². The van der Waals surface area contributed by atoms with E-state index in [0.717, 1.165) is 17.8 Å². The van der Waals surface area contributed by atoms with Crippen molar-refractivity contribution in [2.24, 2.45) is 5.73 Å². The summed E-state index contributed by atoms with van der Waals surface area (Å²) in [5.41, 5.74) is 13.2. The second kappa shape index (κ2) is 4.94. The summed E-state index contributed by atoms with van der Waals surface area (Å²) in [6.45, 7) is 9.84. The first-order valence-corrected chi connectivity index (χ1v) is 6.31. The van der Waals surface area contributed by atoms with E-state index < -0.39 is 0 Å². The number of nitrogens with zero attached hydrogens (tertiary/aromatic N) is 2. The molecule has 0 atom stereocenters. The van der Waals surface area contributed by atoms with Crippen LogP contribution in [0.25, 0.3) is 0 Å². The van der Waals surface area contributed by atoms with Gasteiger partial charge in [-0.15, -0.1) is 0 Å². The van der Waals surface area contributed by atoms with Gasteiger partial charge in [0.1, 0.15) is 0 Å². The summed E-state index contributed by atoms with van der Waals surface area (Å²) in [4.78, 5) is 0. The Hall–Kier alpha value is -1.61. The van der Waals surface area contributed by atoms with E-state index in [0.29, 0.717) is 6.54 Å². The van der Waals surface area contributed by atoms with Gasteiger partial charge in [-0.25, -0.2) is 0 Å². The van der Waals surface area contributed by atoms with Crippen molar-refractivity contribution in [3.05, 3.63) is 51.8 Å². The normalized spacial score (nSPS) is 10.9. The highest BCUT2D eigenvalue weighted by atomic mass is 15.3. The average molecular weight is 243 g/mol. The molecule has 2 aromatic rings. The van der Waals surface area contributed by atoms with Gasteiger partial charge in [-0.05, 0) is 44.4 Å². The lowest BCUT2D eigenvalue weighted by Gasteiger charge is -2.11. The van der Waals surface area contributed by atoms with Crippen molar-refractivity contribution in [3.63, 3.8) is 0 Å². The molecule has 1 heterocycles. The minimum Gasteiger partial charge on any atom is -0.326 e. The van der Waals surface area contributed by atoms with E-state index in [4.69, 9.17) is 5.73 Å². The second-order valence-corrected chi connectivity index (χ2v) is 5.02. The topological polar surface area (TPSA) is 43.8 Å². The van der Waals surface area contributed by atoms with E-state index >= 15 is 0 Å². The van der Waals surface area contributed by atoms with Crippen LogP contribution < -0.4 is 5.73 Å². The molecule has 0 spiro atoms. The predicted molar refractivity (Wildman–Crippen MR) is 74.6 cm³/mol. The van der Waals surface area contributed by atoms with Crippen molar-refractivity contribution in [3.8, 4) is 0 Å². The summed E-state index contributed by atoms with van der Waals surface area (Å²) in [7, 11) is 0. The standard InChI is InChI=1S/C15H21N3/c1-10-5-11(2)15(12(3)6-10)9-18-8-14(7-16)13(4)17-18/h5-6,8H,7,9,16H2,1-4H3. The van der Waals surface area contributed by atoms with E-state index in [1.54, 1.807) is 0 Å². The van der Waals surface area contributed by atoms with E-state index in [-0.39, 0.29) is 0 Å². The number of rotatable bonds is 3. The number of aryl methyl sites for hydroxylation is 4. The Bertz CT molecular complexity index is 544. The van der Waals surface area contributed by atoms with Crippen LogP contribution in [0.15, 0.2) is 18.3 Å². The molecule has 0 radical (unpaired) electrons. The van der Waals surface area contributed by atoms with Crippen LogP contribution in [0.3, 0.4) is 0 Å². The zero-order valence-electron chi connectivity index (χ0n) is 11.6. The van der Waals surface area contributed by atoms with Crippen LogP contribution in [0, 0.1) is 27.7 Å². The Labute approximate surface area is 109 Å². The molecule has 2 N–H and O–H groups in total. The third kappa shape index (κ3) is 2.46. The molecule has 0 aliphatic carbocycles. The van der Waals surface area contributed by atoms with Crippen molar-refractivity contribution in [1.82, 2.24) is 9.78 Å². The monoisotopic (exact) mass is 243 g/mol. The Morgan fingerprint density at radius 2 is 1.72 bits per heavy atom. The zero-order valence-corrected chi connectivity index (χ0v) is 11.6. The smallest absolute Gasteiger partial charge is 0.0664 e. The van der Waals surface area contributed by atoms with Gasteiger partial charge < -0.3 is 5.73 Å². The Morgan fingerprint density at radius 1 is 1.11 bits per heavy atom. The fourth-order valence-electron chi connectivity index (χ4n) is 2.46. The molecule has 0 saturated heterocycles. The molecule has 96 valence electrons. The Morgan fingerprint density at radius 3 is 2.22 bits per heavy atom.